The number of carbonyl (C=O) groups is 1. The van der Waals surface area contributed by atoms with Crippen LogP contribution in [0.4, 0.5) is 5.69 Å². The molecule has 4 heteroatoms. The third-order valence-electron chi connectivity index (χ3n) is 2.96. The van der Waals surface area contributed by atoms with Crippen molar-refractivity contribution in [2.75, 3.05) is 32.1 Å². The first-order valence-electron chi connectivity index (χ1n) is 6.95. The predicted octanol–water partition coefficient (Wildman–Crippen LogP) is 2.64. The second-order valence-electron chi connectivity index (χ2n) is 4.81. The summed E-state index contributed by atoms with van der Waals surface area (Å²) in [7, 11) is 1.90. The van der Waals surface area contributed by atoms with Gasteiger partial charge < -0.3 is 10.1 Å². The largest absolute Gasteiger partial charge is 0.492 e. The van der Waals surface area contributed by atoms with Gasteiger partial charge in [0.15, 0.2) is 0 Å². The minimum Gasteiger partial charge on any atom is -0.492 e. The Hall–Kier alpha value is -2.33. The van der Waals surface area contributed by atoms with Gasteiger partial charge >= 0.3 is 0 Å². The Bertz CT molecular complexity index is 543. The zero-order valence-electron chi connectivity index (χ0n) is 12.2. The molecule has 0 spiro atoms. The van der Waals surface area contributed by atoms with Crippen LogP contribution < -0.4 is 10.1 Å². The van der Waals surface area contributed by atoms with Crippen LogP contribution in [-0.2, 0) is 4.79 Å². The average molecular weight is 284 g/mol. The van der Waals surface area contributed by atoms with E-state index in [0.29, 0.717) is 19.7 Å². The molecular formula is C17H20N2O2. The third kappa shape index (κ3) is 5.67. The highest BCUT2D eigenvalue weighted by Gasteiger charge is 2.06. The van der Waals surface area contributed by atoms with Crippen LogP contribution in [0.3, 0.4) is 0 Å². The van der Waals surface area contributed by atoms with E-state index in [1.807, 2.05) is 72.6 Å². The van der Waals surface area contributed by atoms with Gasteiger partial charge in [-0.1, -0.05) is 36.4 Å². The van der Waals surface area contributed by atoms with E-state index >= 15 is 0 Å². The number of rotatable bonds is 7. The zero-order chi connectivity index (χ0) is 14.9. The number of benzene rings is 2. The van der Waals surface area contributed by atoms with Crippen molar-refractivity contribution in [3.63, 3.8) is 0 Å². The van der Waals surface area contributed by atoms with Crippen LogP contribution in [0.25, 0.3) is 0 Å². The van der Waals surface area contributed by atoms with E-state index in [0.717, 1.165) is 11.4 Å². The second kappa shape index (κ2) is 8.07. The van der Waals surface area contributed by atoms with E-state index in [9.17, 15) is 4.79 Å². The highest BCUT2D eigenvalue weighted by atomic mass is 16.5. The standard InChI is InChI=1S/C17H20N2O2/c1-19(12-13-21-16-10-6-3-7-11-16)14-17(20)18-15-8-4-2-5-9-15/h2-11H,12-14H2,1H3,(H,18,20). The van der Waals surface area contributed by atoms with Gasteiger partial charge in [0.25, 0.3) is 0 Å². The molecule has 0 saturated carbocycles. The van der Waals surface area contributed by atoms with Crippen molar-refractivity contribution in [1.29, 1.82) is 0 Å². The first-order chi connectivity index (χ1) is 10.2. The summed E-state index contributed by atoms with van der Waals surface area (Å²) < 4.78 is 5.60. The van der Waals surface area contributed by atoms with Crippen molar-refractivity contribution < 1.29 is 9.53 Å². The fourth-order valence-corrected chi connectivity index (χ4v) is 1.88. The van der Waals surface area contributed by atoms with Gasteiger partial charge in [0.1, 0.15) is 12.4 Å². The van der Waals surface area contributed by atoms with Crippen LogP contribution in [0.1, 0.15) is 0 Å². The molecule has 2 rings (SSSR count). The Labute approximate surface area is 125 Å². The van der Waals surface area contributed by atoms with Gasteiger partial charge in [-0.2, -0.15) is 0 Å². The molecule has 0 radical (unpaired) electrons. The molecule has 2 aromatic carbocycles. The molecule has 0 bridgehead atoms. The van der Waals surface area contributed by atoms with Gasteiger partial charge in [0.2, 0.25) is 5.91 Å². The molecule has 2 aromatic rings. The van der Waals surface area contributed by atoms with Crippen LogP contribution in [-0.4, -0.2) is 37.6 Å². The maximum Gasteiger partial charge on any atom is 0.238 e. The first-order valence-corrected chi connectivity index (χ1v) is 6.95. The number of ether oxygens (including phenoxy) is 1. The SMILES string of the molecule is CN(CCOc1ccccc1)CC(=O)Nc1ccccc1. The Morgan fingerprint density at radius 2 is 1.67 bits per heavy atom. The second-order valence-corrected chi connectivity index (χ2v) is 4.81. The fourth-order valence-electron chi connectivity index (χ4n) is 1.88. The maximum atomic E-state index is 11.9. The van der Waals surface area contributed by atoms with E-state index in [-0.39, 0.29) is 5.91 Å². The number of anilines is 1. The first kappa shape index (κ1) is 15.1. The molecule has 0 fully saturated rings. The van der Waals surface area contributed by atoms with Gasteiger partial charge in [-0.3, -0.25) is 9.69 Å². The fraction of sp³-hybridized carbons (Fsp3) is 0.235. The minimum absolute atomic E-state index is 0.0246. The van der Waals surface area contributed by atoms with Crippen molar-refractivity contribution in [3.05, 3.63) is 60.7 Å². The lowest BCUT2D eigenvalue weighted by Gasteiger charge is -2.16. The van der Waals surface area contributed by atoms with Crippen LogP contribution in [0.5, 0.6) is 5.75 Å². The highest BCUT2D eigenvalue weighted by Crippen LogP contribution is 2.08. The summed E-state index contributed by atoms with van der Waals surface area (Å²) in [4.78, 5) is 13.8. The topological polar surface area (TPSA) is 41.6 Å². The minimum atomic E-state index is -0.0246. The third-order valence-corrected chi connectivity index (χ3v) is 2.96. The molecule has 0 aliphatic heterocycles. The Morgan fingerprint density at radius 3 is 2.33 bits per heavy atom. The molecule has 0 aliphatic carbocycles. The van der Waals surface area contributed by atoms with Crippen molar-refractivity contribution in [2.45, 2.75) is 0 Å². The van der Waals surface area contributed by atoms with Gasteiger partial charge in [-0.25, -0.2) is 0 Å². The highest BCUT2D eigenvalue weighted by molar-refractivity contribution is 5.92. The van der Waals surface area contributed by atoms with Crippen molar-refractivity contribution in [1.82, 2.24) is 4.90 Å². The number of para-hydroxylation sites is 2. The van der Waals surface area contributed by atoms with Crippen LogP contribution in [0.15, 0.2) is 60.7 Å². The van der Waals surface area contributed by atoms with Crippen LogP contribution >= 0.6 is 0 Å². The normalized spacial score (nSPS) is 10.4. The van der Waals surface area contributed by atoms with E-state index < -0.39 is 0 Å². The number of carbonyl (C=O) groups excluding carboxylic acids is 1. The molecule has 0 aliphatic rings. The van der Waals surface area contributed by atoms with Gasteiger partial charge in [0.05, 0.1) is 6.54 Å². The van der Waals surface area contributed by atoms with Crippen LogP contribution in [0.2, 0.25) is 0 Å². The van der Waals surface area contributed by atoms with Gasteiger partial charge in [-0.15, -0.1) is 0 Å². The summed E-state index contributed by atoms with van der Waals surface area (Å²) in [5, 5.41) is 2.86. The summed E-state index contributed by atoms with van der Waals surface area (Å²) in [5.74, 6) is 0.822. The van der Waals surface area contributed by atoms with E-state index in [4.69, 9.17) is 4.74 Å². The van der Waals surface area contributed by atoms with Crippen LogP contribution in [0, 0.1) is 0 Å². The molecule has 21 heavy (non-hydrogen) atoms. The summed E-state index contributed by atoms with van der Waals surface area (Å²) in [6.45, 7) is 1.59. The maximum absolute atomic E-state index is 11.9. The molecule has 0 heterocycles. The number of amides is 1. The number of hydrogen-bond donors (Lipinski definition) is 1. The summed E-state index contributed by atoms with van der Waals surface area (Å²) in [6, 6.07) is 19.1. The molecule has 1 N–H and O–H groups in total. The number of nitrogens with one attached hydrogen (secondary N) is 1. The van der Waals surface area contributed by atoms with Crippen molar-refractivity contribution in [3.8, 4) is 5.75 Å². The molecule has 4 nitrogen and oxygen atoms in total. The van der Waals surface area contributed by atoms with Gasteiger partial charge in [0, 0.05) is 12.2 Å². The van der Waals surface area contributed by atoms with Crippen molar-refractivity contribution in [2.24, 2.45) is 0 Å². The predicted molar refractivity (Wildman–Crippen MR) is 84.5 cm³/mol. The lowest BCUT2D eigenvalue weighted by Crippen LogP contribution is -2.33. The van der Waals surface area contributed by atoms with E-state index in [1.54, 1.807) is 0 Å². The van der Waals surface area contributed by atoms with Crippen molar-refractivity contribution >= 4 is 11.6 Å². The lowest BCUT2D eigenvalue weighted by atomic mass is 10.3. The zero-order valence-corrected chi connectivity index (χ0v) is 12.2. The molecule has 1 amide bonds. The summed E-state index contributed by atoms with van der Waals surface area (Å²) in [5.41, 5.74) is 0.816. The smallest absolute Gasteiger partial charge is 0.238 e. The number of hydrogen-bond acceptors (Lipinski definition) is 3. The monoisotopic (exact) mass is 284 g/mol. The Kier molecular flexibility index (Phi) is 5.79. The summed E-state index contributed by atoms with van der Waals surface area (Å²) in [6.07, 6.45) is 0. The van der Waals surface area contributed by atoms with E-state index in [2.05, 4.69) is 5.32 Å². The molecule has 110 valence electrons. The molecule has 0 saturated heterocycles. The Morgan fingerprint density at radius 1 is 1.05 bits per heavy atom. The summed E-state index contributed by atoms with van der Waals surface area (Å²) >= 11 is 0. The molecular weight excluding hydrogens is 264 g/mol. The Balaban J connectivity index is 1.67. The number of likely N-dealkylation sites (N-methyl/N-ethyl adjacent to an activating group) is 1. The molecule has 0 aromatic heterocycles. The molecule has 0 unspecified atom stereocenters. The van der Waals surface area contributed by atoms with E-state index in [1.165, 1.54) is 0 Å². The number of nitrogens with zero attached hydrogens (tertiary/aromatic N) is 1. The molecule has 0 atom stereocenters. The quantitative estimate of drug-likeness (QED) is 0.850. The lowest BCUT2D eigenvalue weighted by molar-refractivity contribution is -0.117. The van der Waals surface area contributed by atoms with Gasteiger partial charge in [-0.05, 0) is 31.3 Å². The average Bonchev–Trinajstić information content (AvgIpc) is 2.49.